The van der Waals surface area contributed by atoms with Gasteiger partial charge in [-0.2, -0.15) is 0 Å². The Morgan fingerprint density at radius 2 is 1.55 bits per heavy atom. The van der Waals surface area contributed by atoms with Crippen molar-refractivity contribution in [2.45, 2.75) is 38.7 Å². The number of esters is 1. The molecule has 0 bridgehead atoms. The molecule has 0 saturated heterocycles. The van der Waals surface area contributed by atoms with Crippen molar-refractivity contribution in [2.24, 2.45) is 11.8 Å². The monoisotopic (exact) mass is 408 g/mol. The smallest absolute Gasteiger partial charge is 0.308 e. The van der Waals surface area contributed by atoms with E-state index >= 15 is 0 Å². The van der Waals surface area contributed by atoms with Crippen molar-refractivity contribution in [3.8, 4) is 0 Å². The first-order valence-electron chi connectivity index (χ1n) is 10.4. The number of benzene rings is 2. The summed E-state index contributed by atoms with van der Waals surface area (Å²) in [7, 11) is -1.07. The normalized spacial score (nSPS) is 19.7. The molecule has 1 aliphatic rings. The average Bonchev–Trinajstić information content (AvgIpc) is 2.74. The number of hydrogen-bond acceptors (Lipinski definition) is 3. The lowest BCUT2D eigenvalue weighted by molar-refractivity contribution is -0.146. The van der Waals surface area contributed by atoms with E-state index in [2.05, 4.69) is 93.6 Å². The third-order valence-electron chi connectivity index (χ3n) is 5.88. The third kappa shape index (κ3) is 4.54. The summed E-state index contributed by atoms with van der Waals surface area (Å²) in [5.41, 5.74) is 0. The highest BCUT2D eigenvalue weighted by molar-refractivity contribution is 6.99. The molecule has 0 radical (unpaired) electrons. The van der Waals surface area contributed by atoms with E-state index in [1.807, 2.05) is 0 Å². The zero-order valence-corrected chi connectivity index (χ0v) is 18.9. The standard InChI is InChI=1S/C25H32O3Si/c1-25(2,3)29(22-14-7-5-8-15-22,23-16-9-6-10-17-23)28-19-20-12-11-13-21(18-20)24(26)27-4/h5-12,14-17,20-21H,13,18-19H2,1-4H3/t20-,21+/m1/s1. The average molecular weight is 409 g/mol. The lowest BCUT2D eigenvalue weighted by atomic mass is 9.87. The van der Waals surface area contributed by atoms with Gasteiger partial charge in [0.25, 0.3) is 8.32 Å². The molecular formula is C25H32O3Si. The van der Waals surface area contributed by atoms with Gasteiger partial charge < -0.3 is 9.16 Å². The molecule has 2 atom stereocenters. The summed E-state index contributed by atoms with van der Waals surface area (Å²) in [5, 5.41) is 2.52. The molecule has 2 aromatic carbocycles. The second-order valence-electron chi connectivity index (χ2n) is 8.85. The Morgan fingerprint density at radius 1 is 1.00 bits per heavy atom. The van der Waals surface area contributed by atoms with Crippen LogP contribution in [0, 0.1) is 11.8 Å². The Labute approximate surface area is 175 Å². The number of methoxy groups -OCH3 is 1. The lowest BCUT2D eigenvalue weighted by Crippen LogP contribution is -2.66. The van der Waals surface area contributed by atoms with Gasteiger partial charge in [-0.1, -0.05) is 93.6 Å². The SMILES string of the molecule is COC(=O)[C@H]1CC=C[C@@H](CO[Si](c2ccccc2)(c2ccccc2)C(C)(C)C)C1. The van der Waals surface area contributed by atoms with E-state index in [4.69, 9.17) is 9.16 Å². The molecular weight excluding hydrogens is 376 g/mol. The molecule has 154 valence electrons. The van der Waals surface area contributed by atoms with Crippen molar-refractivity contribution >= 4 is 24.7 Å². The van der Waals surface area contributed by atoms with Gasteiger partial charge in [0, 0.05) is 6.61 Å². The van der Waals surface area contributed by atoms with Crippen LogP contribution in [0.3, 0.4) is 0 Å². The molecule has 0 aromatic heterocycles. The van der Waals surface area contributed by atoms with Crippen molar-refractivity contribution in [1.29, 1.82) is 0 Å². The number of allylic oxidation sites excluding steroid dienone is 1. The summed E-state index contributed by atoms with van der Waals surface area (Å²) in [4.78, 5) is 12.0. The van der Waals surface area contributed by atoms with Crippen LogP contribution < -0.4 is 10.4 Å². The van der Waals surface area contributed by atoms with E-state index < -0.39 is 8.32 Å². The van der Waals surface area contributed by atoms with Crippen LogP contribution in [0.15, 0.2) is 72.8 Å². The van der Waals surface area contributed by atoms with E-state index in [0.717, 1.165) is 12.8 Å². The van der Waals surface area contributed by atoms with Gasteiger partial charge in [-0.05, 0) is 34.2 Å². The van der Waals surface area contributed by atoms with Gasteiger partial charge >= 0.3 is 5.97 Å². The summed E-state index contributed by atoms with van der Waals surface area (Å²) in [6.45, 7) is 7.46. The van der Waals surface area contributed by atoms with E-state index in [9.17, 15) is 4.79 Å². The van der Waals surface area contributed by atoms with Gasteiger partial charge in [-0.15, -0.1) is 0 Å². The fraction of sp³-hybridized carbons (Fsp3) is 0.400. The van der Waals surface area contributed by atoms with Crippen LogP contribution >= 0.6 is 0 Å². The van der Waals surface area contributed by atoms with Gasteiger partial charge in [-0.25, -0.2) is 0 Å². The predicted molar refractivity (Wildman–Crippen MR) is 121 cm³/mol. The first-order chi connectivity index (χ1) is 13.9. The molecule has 0 N–H and O–H groups in total. The maximum Gasteiger partial charge on any atom is 0.308 e. The minimum Gasteiger partial charge on any atom is -0.469 e. The number of carbonyl (C=O) groups excluding carboxylic acids is 1. The fourth-order valence-electron chi connectivity index (χ4n) is 4.45. The van der Waals surface area contributed by atoms with Crippen molar-refractivity contribution in [2.75, 3.05) is 13.7 Å². The second kappa shape index (κ2) is 9.10. The van der Waals surface area contributed by atoms with Gasteiger partial charge in [0.05, 0.1) is 13.0 Å². The number of carbonyl (C=O) groups is 1. The number of hydrogen-bond donors (Lipinski definition) is 0. The zero-order valence-electron chi connectivity index (χ0n) is 17.9. The molecule has 0 heterocycles. The van der Waals surface area contributed by atoms with Crippen LogP contribution in [0.2, 0.25) is 5.04 Å². The van der Waals surface area contributed by atoms with Crippen LogP contribution in [-0.4, -0.2) is 28.0 Å². The topological polar surface area (TPSA) is 35.5 Å². The highest BCUT2D eigenvalue weighted by Crippen LogP contribution is 2.37. The molecule has 0 fully saturated rings. The first-order valence-corrected chi connectivity index (χ1v) is 12.3. The Morgan fingerprint density at radius 3 is 2.03 bits per heavy atom. The molecule has 4 heteroatoms. The van der Waals surface area contributed by atoms with E-state index in [0.29, 0.717) is 6.61 Å². The molecule has 29 heavy (non-hydrogen) atoms. The van der Waals surface area contributed by atoms with Crippen molar-refractivity contribution in [3.05, 3.63) is 72.8 Å². The van der Waals surface area contributed by atoms with Crippen LogP contribution in [0.4, 0.5) is 0 Å². The third-order valence-corrected chi connectivity index (χ3v) is 10.9. The summed E-state index contributed by atoms with van der Waals surface area (Å²) < 4.78 is 12.0. The summed E-state index contributed by atoms with van der Waals surface area (Å²) in [6.07, 6.45) is 5.84. The van der Waals surface area contributed by atoms with Crippen LogP contribution in [0.5, 0.6) is 0 Å². The van der Waals surface area contributed by atoms with E-state index in [1.54, 1.807) is 0 Å². The Bertz CT molecular complexity index is 785. The van der Waals surface area contributed by atoms with E-state index in [-0.39, 0.29) is 22.8 Å². The van der Waals surface area contributed by atoms with Gasteiger partial charge in [0.15, 0.2) is 0 Å². The molecule has 0 amide bonds. The number of rotatable bonds is 6. The van der Waals surface area contributed by atoms with Crippen LogP contribution in [0.1, 0.15) is 33.6 Å². The quantitative estimate of drug-likeness (QED) is 0.406. The maximum atomic E-state index is 12.0. The van der Waals surface area contributed by atoms with Crippen molar-refractivity contribution < 1.29 is 14.0 Å². The summed E-state index contributed by atoms with van der Waals surface area (Å²) in [5.74, 6) is 0.0250. The minimum atomic E-state index is -2.54. The van der Waals surface area contributed by atoms with Gasteiger partial charge in [-0.3, -0.25) is 4.79 Å². The second-order valence-corrected chi connectivity index (χ2v) is 13.2. The minimum absolute atomic E-state index is 0.0458. The van der Waals surface area contributed by atoms with E-state index in [1.165, 1.54) is 17.5 Å². The summed E-state index contributed by atoms with van der Waals surface area (Å²) >= 11 is 0. The Kier molecular flexibility index (Phi) is 6.76. The largest absolute Gasteiger partial charge is 0.469 e. The van der Waals surface area contributed by atoms with Crippen molar-refractivity contribution in [1.82, 2.24) is 0 Å². The number of ether oxygens (including phenoxy) is 1. The first kappa shape index (κ1) is 21.5. The molecule has 0 aliphatic heterocycles. The van der Waals surface area contributed by atoms with Crippen LogP contribution in [0.25, 0.3) is 0 Å². The highest BCUT2D eigenvalue weighted by atomic mass is 28.4. The molecule has 0 unspecified atom stereocenters. The molecule has 0 spiro atoms. The Balaban J connectivity index is 1.95. The maximum absolute atomic E-state index is 12.0. The predicted octanol–water partition coefficient (Wildman–Crippen LogP) is 4.32. The Hall–Kier alpha value is -2.17. The van der Waals surface area contributed by atoms with Gasteiger partial charge in [0.1, 0.15) is 0 Å². The molecule has 2 aromatic rings. The lowest BCUT2D eigenvalue weighted by Gasteiger charge is -2.43. The molecule has 0 saturated carbocycles. The highest BCUT2D eigenvalue weighted by Gasteiger charge is 2.50. The molecule has 1 aliphatic carbocycles. The fourth-order valence-corrected chi connectivity index (χ4v) is 9.07. The summed E-state index contributed by atoms with van der Waals surface area (Å²) in [6, 6.07) is 21.3. The molecule has 3 rings (SSSR count). The van der Waals surface area contributed by atoms with Gasteiger partial charge in [0.2, 0.25) is 0 Å². The zero-order chi connectivity index (χ0) is 20.9. The van der Waals surface area contributed by atoms with Crippen molar-refractivity contribution in [3.63, 3.8) is 0 Å². The molecule has 3 nitrogen and oxygen atoms in total. The van der Waals surface area contributed by atoms with Crippen LogP contribution in [-0.2, 0) is 14.0 Å².